The molecule has 45 heavy (non-hydrogen) atoms. The molecule has 0 aromatic heterocycles. The van der Waals surface area contributed by atoms with E-state index < -0.39 is 0 Å². The molecule has 0 aromatic rings. The predicted molar refractivity (Wildman–Crippen MR) is 183 cm³/mol. The molecule has 2 saturated heterocycles. The largest absolute Gasteiger partial charge is 0.374 e. The fourth-order valence-corrected chi connectivity index (χ4v) is 14.5. The summed E-state index contributed by atoms with van der Waals surface area (Å²) in [6.45, 7) is 0. The first-order valence-corrected chi connectivity index (χ1v) is 21.2. The van der Waals surface area contributed by atoms with Gasteiger partial charge in [0.15, 0.2) is 0 Å². The first-order valence-electron chi connectivity index (χ1n) is 21.2. The molecule has 0 radical (unpaired) electrons. The zero-order valence-corrected chi connectivity index (χ0v) is 28.8. The number of rotatable bonds is 4. The Morgan fingerprint density at radius 1 is 0.333 bits per heavy atom. The van der Waals surface area contributed by atoms with Crippen LogP contribution in [0.25, 0.3) is 0 Å². The monoisotopic (exact) mass is 620 g/mol. The Bertz CT molecular complexity index is 976. The van der Waals surface area contributed by atoms with Crippen molar-refractivity contribution in [2.75, 3.05) is 0 Å². The Kier molecular flexibility index (Phi) is 9.35. The average Bonchev–Trinajstić information content (AvgIpc) is 3.51. The summed E-state index contributed by atoms with van der Waals surface area (Å²) < 4.78 is 7.54. The quantitative estimate of drug-likeness (QED) is 0.294. The van der Waals surface area contributed by atoms with Gasteiger partial charge in [-0.15, -0.1) is 0 Å². The lowest BCUT2D eigenvalue weighted by atomic mass is 9.53. The molecular weight excluding hydrogens is 550 g/mol. The summed E-state index contributed by atoms with van der Waals surface area (Å²) in [4.78, 5) is 0. The van der Waals surface area contributed by atoms with Crippen molar-refractivity contribution in [2.45, 2.75) is 191 Å². The van der Waals surface area contributed by atoms with E-state index in [4.69, 9.17) is 4.74 Å². The Balaban J connectivity index is 0.954. The number of hydrogen-bond donors (Lipinski definition) is 3. The standard InChI is InChI=1S/C41H69N3O/c1-3-13-27(14-4-1)35-25-36-37(32-19-10-9-18-31(32)35)33-20-11-21-34(38(33)45-36)41-43-39(28-15-5-2-6-16-28)42-40(44-41)30-23-22-26-12-7-8-17-29(26)24-30/h26-44H,1-25H2. The molecule has 4 heteroatoms. The van der Waals surface area contributed by atoms with Gasteiger partial charge in [0.25, 0.3) is 0 Å². The first kappa shape index (κ1) is 30.9. The fraction of sp³-hybridized carbons (Fsp3) is 1.00. The summed E-state index contributed by atoms with van der Waals surface area (Å²) in [5.74, 6) is 9.99. The molecule has 0 bridgehead atoms. The van der Waals surface area contributed by atoms with Crippen LogP contribution in [0.4, 0.5) is 0 Å². The van der Waals surface area contributed by atoms with Crippen molar-refractivity contribution < 1.29 is 4.74 Å². The molecule has 9 rings (SSSR count). The zero-order chi connectivity index (χ0) is 29.7. The third-order valence-electron chi connectivity index (χ3n) is 16.5. The molecule has 4 nitrogen and oxygen atoms in total. The summed E-state index contributed by atoms with van der Waals surface area (Å²) in [5.41, 5.74) is 0. The van der Waals surface area contributed by atoms with E-state index in [0.29, 0.717) is 36.6 Å². The van der Waals surface area contributed by atoms with Crippen molar-refractivity contribution in [3.05, 3.63) is 0 Å². The number of ether oxygens (including phenoxy) is 1. The van der Waals surface area contributed by atoms with Gasteiger partial charge in [0, 0.05) is 5.92 Å². The minimum Gasteiger partial charge on any atom is -0.374 e. The molecule has 254 valence electrons. The second kappa shape index (κ2) is 13.6. The van der Waals surface area contributed by atoms with Crippen molar-refractivity contribution in [3.8, 4) is 0 Å². The van der Waals surface area contributed by atoms with Crippen molar-refractivity contribution in [1.29, 1.82) is 0 Å². The van der Waals surface area contributed by atoms with Gasteiger partial charge in [0.05, 0.1) is 30.7 Å². The number of fused-ring (bicyclic) bond motifs is 6. The molecule has 7 saturated carbocycles. The maximum Gasteiger partial charge on any atom is 0.0666 e. The Hall–Kier alpha value is -0.160. The summed E-state index contributed by atoms with van der Waals surface area (Å²) in [5, 5.41) is 13.0. The average molecular weight is 620 g/mol. The second-order valence-electron chi connectivity index (χ2n) is 18.6. The fourth-order valence-electron chi connectivity index (χ4n) is 14.5. The van der Waals surface area contributed by atoms with Gasteiger partial charge in [0.1, 0.15) is 0 Å². The van der Waals surface area contributed by atoms with Gasteiger partial charge < -0.3 is 4.74 Å². The molecule has 0 spiro atoms. The molecular formula is C41H69N3O. The molecule has 0 aromatic carbocycles. The van der Waals surface area contributed by atoms with Crippen LogP contribution in [0.3, 0.4) is 0 Å². The third-order valence-corrected chi connectivity index (χ3v) is 16.5. The van der Waals surface area contributed by atoms with Gasteiger partial charge in [-0.1, -0.05) is 96.3 Å². The highest BCUT2D eigenvalue weighted by atomic mass is 16.5. The maximum atomic E-state index is 7.54. The highest BCUT2D eigenvalue weighted by Gasteiger charge is 2.59. The summed E-state index contributed by atoms with van der Waals surface area (Å²) in [6.07, 6.45) is 39.3. The van der Waals surface area contributed by atoms with Crippen LogP contribution < -0.4 is 16.0 Å². The topological polar surface area (TPSA) is 45.3 Å². The van der Waals surface area contributed by atoms with E-state index in [2.05, 4.69) is 16.0 Å². The Morgan fingerprint density at radius 2 is 0.889 bits per heavy atom. The Labute approximate surface area is 276 Å². The van der Waals surface area contributed by atoms with Crippen LogP contribution in [0, 0.1) is 65.1 Å². The van der Waals surface area contributed by atoms with E-state index in [-0.39, 0.29) is 0 Å². The van der Waals surface area contributed by atoms with E-state index in [0.717, 1.165) is 59.2 Å². The van der Waals surface area contributed by atoms with Gasteiger partial charge in [-0.25, -0.2) is 0 Å². The molecule has 14 unspecified atom stereocenters. The smallest absolute Gasteiger partial charge is 0.0666 e. The van der Waals surface area contributed by atoms with Crippen LogP contribution in [0.2, 0.25) is 0 Å². The SMILES string of the molecule is C1CCC(C2NC(C3CCC4CCCCC4C3)NC(C3CCCC4C3OC3CC(C5CCCCC5)C5CCCCC5C34)N2)CC1. The lowest BCUT2D eigenvalue weighted by Crippen LogP contribution is -2.73. The maximum absolute atomic E-state index is 7.54. The van der Waals surface area contributed by atoms with Gasteiger partial charge in [-0.05, 0) is 123 Å². The van der Waals surface area contributed by atoms with Crippen LogP contribution in [0.5, 0.6) is 0 Å². The zero-order valence-electron chi connectivity index (χ0n) is 28.8. The summed E-state index contributed by atoms with van der Waals surface area (Å²) in [6, 6.07) is 0. The molecule has 0 amide bonds. The van der Waals surface area contributed by atoms with E-state index in [1.165, 1.54) is 154 Å². The minimum absolute atomic E-state index is 0.427. The van der Waals surface area contributed by atoms with Gasteiger partial charge in [-0.2, -0.15) is 0 Å². The van der Waals surface area contributed by atoms with Gasteiger partial charge in [0.2, 0.25) is 0 Å². The van der Waals surface area contributed by atoms with E-state index in [9.17, 15) is 0 Å². The van der Waals surface area contributed by atoms with Crippen molar-refractivity contribution >= 4 is 0 Å². The molecule has 2 aliphatic heterocycles. The summed E-state index contributed by atoms with van der Waals surface area (Å²) >= 11 is 0. The molecule has 9 aliphatic rings. The highest BCUT2D eigenvalue weighted by Crippen LogP contribution is 2.60. The van der Waals surface area contributed by atoms with Crippen molar-refractivity contribution in [2.24, 2.45) is 65.1 Å². The van der Waals surface area contributed by atoms with Crippen LogP contribution in [-0.2, 0) is 4.74 Å². The van der Waals surface area contributed by atoms with Crippen LogP contribution in [0.1, 0.15) is 161 Å². The van der Waals surface area contributed by atoms with E-state index >= 15 is 0 Å². The molecule has 14 atom stereocenters. The third kappa shape index (κ3) is 6.03. The second-order valence-corrected chi connectivity index (χ2v) is 18.6. The van der Waals surface area contributed by atoms with Gasteiger partial charge >= 0.3 is 0 Å². The van der Waals surface area contributed by atoms with Crippen LogP contribution >= 0.6 is 0 Å². The summed E-state index contributed by atoms with van der Waals surface area (Å²) in [7, 11) is 0. The predicted octanol–water partition coefficient (Wildman–Crippen LogP) is 9.14. The Morgan fingerprint density at radius 3 is 1.69 bits per heavy atom. The minimum atomic E-state index is 0.427. The molecule has 9 fully saturated rings. The van der Waals surface area contributed by atoms with E-state index in [1.54, 1.807) is 6.42 Å². The normalized spacial score (nSPS) is 51.5. The van der Waals surface area contributed by atoms with Crippen LogP contribution in [0.15, 0.2) is 0 Å². The van der Waals surface area contributed by atoms with Crippen molar-refractivity contribution in [1.82, 2.24) is 16.0 Å². The number of nitrogens with one attached hydrogen (secondary N) is 3. The molecule has 3 N–H and O–H groups in total. The highest BCUT2D eigenvalue weighted by molar-refractivity contribution is 5.08. The van der Waals surface area contributed by atoms with Crippen molar-refractivity contribution in [3.63, 3.8) is 0 Å². The number of hydrogen-bond acceptors (Lipinski definition) is 4. The van der Waals surface area contributed by atoms with E-state index in [1.807, 2.05) is 0 Å². The lowest BCUT2D eigenvalue weighted by Gasteiger charge is -2.52. The van der Waals surface area contributed by atoms with Gasteiger partial charge in [-0.3, -0.25) is 16.0 Å². The molecule has 2 heterocycles. The van der Waals surface area contributed by atoms with Crippen LogP contribution in [-0.4, -0.2) is 30.7 Å². The lowest BCUT2D eigenvalue weighted by molar-refractivity contribution is -0.0823. The molecule has 7 aliphatic carbocycles. The first-order chi connectivity index (χ1) is 22.3.